The molecule has 0 unspecified atom stereocenters. The fraction of sp³-hybridized carbons (Fsp3) is 0.333. The predicted octanol–water partition coefficient (Wildman–Crippen LogP) is 2.32. The molecule has 88 valence electrons. The van der Waals surface area contributed by atoms with Crippen LogP contribution in [-0.2, 0) is 4.79 Å². The fourth-order valence-corrected chi connectivity index (χ4v) is 3.15. The van der Waals surface area contributed by atoms with Crippen molar-refractivity contribution in [1.29, 1.82) is 0 Å². The first-order valence-corrected chi connectivity index (χ1v) is 6.47. The van der Waals surface area contributed by atoms with Gasteiger partial charge in [-0.25, -0.2) is 0 Å². The summed E-state index contributed by atoms with van der Waals surface area (Å²) in [5.41, 5.74) is 2.02. The summed E-state index contributed by atoms with van der Waals surface area (Å²) in [5.74, 6) is -0.0388. The number of amidine groups is 1. The molecule has 1 aromatic carbocycles. The number of anilines is 2. The molecule has 0 atom stereocenters. The van der Waals surface area contributed by atoms with E-state index in [0.29, 0.717) is 0 Å². The molecule has 2 aliphatic rings. The lowest BCUT2D eigenvalue weighted by atomic mass is 10.2. The van der Waals surface area contributed by atoms with Crippen LogP contribution in [0.1, 0.15) is 13.3 Å². The van der Waals surface area contributed by atoms with Gasteiger partial charge in [0.2, 0.25) is 5.91 Å². The van der Waals surface area contributed by atoms with E-state index in [9.17, 15) is 4.79 Å². The second-order valence-electron chi connectivity index (χ2n) is 4.14. The average Bonchev–Trinajstić information content (AvgIpc) is 2.66. The largest absolute Gasteiger partial charge is 0.326 e. The number of carbonyl (C=O) groups excluding carboxylic acids is 1. The van der Waals surface area contributed by atoms with Crippen LogP contribution in [0, 0.1) is 0 Å². The minimum absolute atomic E-state index is 0.0388. The third-order valence-electron chi connectivity index (χ3n) is 2.79. The van der Waals surface area contributed by atoms with Crippen molar-refractivity contribution < 1.29 is 4.79 Å². The van der Waals surface area contributed by atoms with Crippen LogP contribution < -0.4 is 10.2 Å². The van der Waals surface area contributed by atoms with Gasteiger partial charge in [-0.05, 0) is 36.4 Å². The standard InChI is InChI=1S/C12H13N3OS/c1-8(16)14-9-3-4-11-10(7-9)15-6-2-5-13-12(15)17-11/h3-4,7H,2,5-6H2,1H3,(H,14,16). The van der Waals surface area contributed by atoms with E-state index in [1.807, 2.05) is 18.2 Å². The molecule has 1 aromatic rings. The molecule has 0 aliphatic carbocycles. The van der Waals surface area contributed by atoms with Crippen molar-refractivity contribution in [2.45, 2.75) is 18.2 Å². The molecular formula is C12H13N3OS. The molecule has 17 heavy (non-hydrogen) atoms. The van der Waals surface area contributed by atoms with E-state index in [0.717, 1.165) is 30.4 Å². The topological polar surface area (TPSA) is 44.7 Å². The zero-order chi connectivity index (χ0) is 11.8. The van der Waals surface area contributed by atoms with Gasteiger partial charge in [0.15, 0.2) is 5.17 Å². The number of thioether (sulfide) groups is 1. The van der Waals surface area contributed by atoms with E-state index >= 15 is 0 Å². The van der Waals surface area contributed by atoms with Crippen molar-refractivity contribution in [2.75, 3.05) is 23.3 Å². The van der Waals surface area contributed by atoms with Gasteiger partial charge in [0.05, 0.1) is 5.69 Å². The zero-order valence-corrected chi connectivity index (χ0v) is 10.4. The van der Waals surface area contributed by atoms with E-state index in [2.05, 4.69) is 15.2 Å². The fourth-order valence-electron chi connectivity index (χ4n) is 2.09. The van der Waals surface area contributed by atoms with Crippen LogP contribution in [0.5, 0.6) is 0 Å². The molecule has 2 heterocycles. The first kappa shape index (κ1) is 10.7. The Labute approximate surface area is 104 Å². The summed E-state index contributed by atoms with van der Waals surface area (Å²) >= 11 is 1.71. The normalized spacial score (nSPS) is 17.2. The minimum atomic E-state index is -0.0388. The number of benzene rings is 1. The number of hydrogen-bond donors (Lipinski definition) is 1. The van der Waals surface area contributed by atoms with Crippen LogP contribution in [0.15, 0.2) is 28.1 Å². The number of amides is 1. The molecule has 0 saturated heterocycles. The average molecular weight is 247 g/mol. The number of carbonyl (C=O) groups is 1. The Balaban J connectivity index is 1.96. The molecule has 0 aromatic heterocycles. The molecule has 0 saturated carbocycles. The van der Waals surface area contributed by atoms with E-state index in [1.165, 1.54) is 17.5 Å². The number of rotatable bonds is 1. The van der Waals surface area contributed by atoms with Gasteiger partial charge in [0, 0.05) is 30.6 Å². The summed E-state index contributed by atoms with van der Waals surface area (Å²) in [6.45, 7) is 3.46. The van der Waals surface area contributed by atoms with Gasteiger partial charge < -0.3 is 10.2 Å². The van der Waals surface area contributed by atoms with Crippen LogP contribution in [-0.4, -0.2) is 24.2 Å². The Morgan fingerprint density at radius 2 is 2.41 bits per heavy atom. The number of aliphatic imine (C=N–C) groups is 1. The van der Waals surface area contributed by atoms with Gasteiger partial charge in [0.1, 0.15) is 0 Å². The minimum Gasteiger partial charge on any atom is -0.326 e. The molecule has 0 bridgehead atoms. The van der Waals surface area contributed by atoms with Crippen molar-refractivity contribution in [3.05, 3.63) is 18.2 Å². The number of nitrogens with zero attached hydrogens (tertiary/aromatic N) is 2. The maximum Gasteiger partial charge on any atom is 0.221 e. The van der Waals surface area contributed by atoms with Crippen molar-refractivity contribution >= 4 is 34.2 Å². The SMILES string of the molecule is CC(=O)Nc1ccc2c(c1)N1CCCN=C1S2. The Bertz CT molecular complexity index is 512. The predicted molar refractivity (Wildman–Crippen MR) is 70.9 cm³/mol. The van der Waals surface area contributed by atoms with E-state index in [1.54, 1.807) is 11.8 Å². The maximum atomic E-state index is 11.0. The molecule has 3 rings (SSSR count). The van der Waals surface area contributed by atoms with E-state index in [-0.39, 0.29) is 5.91 Å². The molecule has 0 spiro atoms. The van der Waals surface area contributed by atoms with Crippen LogP contribution in [0.25, 0.3) is 0 Å². The third kappa shape index (κ3) is 1.91. The number of hydrogen-bond acceptors (Lipinski definition) is 4. The summed E-state index contributed by atoms with van der Waals surface area (Å²) in [5, 5.41) is 3.90. The first-order valence-electron chi connectivity index (χ1n) is 5.65. The highest BCUT2D eigenvalue weighted by atomic mass is 32.2. The third-order valence-corrected chi connectivity index (χ3v) is 3.89. The number of nitrogens with one attached hydrogen (secondary N) is 1. The lowest BCUT2D eigenvalue weighted by Gasteiger charge is -2.22. The molecule has 1 N–H and O–H groups in total. The highest BCUT2D eigenvalue weighted by molar-refractivity contribution is 8.14. The molecule has 0 radical (unpaired) electrons. The Hall–Kier alpha value is -1.49. The van der Waals surface area contributed by atoms with Crippen molar-refractivity contribution in [3.8, 4) is 0 Å². The smallest absolute Gasteiger partial charge is 0.221 e. The molecule has 0 fully saturated rings. The zero-order valence-electron chi connectivity index (χ0n) is 9.56. The Morgan fingerprint density at radius 1 is 1.53 bits per heavy atom. The Kier molecular flexibility index (Phi) is 2.55. The monoisotopic (exact) mass is 247 g/mol. The quantitative estimate of drug-likeness (QED) is 0.828. The van der Waals surface area contributed by atoms with Crippen molar-refractivity contribution in [2.24, 2.45) is 4.99 Å². The first-order chi connectivity index (χ1) is 8.24. The van der Waals surface area contributed by atoms with E-state index < -0.39 is 0 Å². The summed E-state index contributed by atoms with van der Waals surface area (Å²) < 4.78 is 0. The van der Waals surface area contributed by atoms with E-state index in [4.69, 9.17) is 0 Å². The highest BCUT2D eigenvalue weighted by Gasteiger charge is 2.28. The van der Waals surface area contributed by atoms with Crippen molar-refractivity contribution in [3.63, 3.8) is 0 Å². The van der Waals surface area contributed by atoms with Gasteiger partial charge in [-0.2, -0.15) is 0 Å². The molecular weight excluding hydrogens is 234 g/mol. The van der Waals surface area contributed by atoms with Gasteiger partial charge in [0.25, 0.3) is 0 Å². The maximum absolute atomic E-state index is 11.0. The molecule has 4 nitrogen and oxygen atoms in total. The highest BCUT2D eigenvalue weighted by Crippen LogP contribution is 2.42. The second-order valence-corrected chi connectivity index (χ2v) is 5.14. The molecule has 2 aliphatic heterocycles. The van der Waals surface area contributed by atoms with Gasteiger partial charge in [-0.3, -0.25) is 9.79 Å². The summed E-state index contributed by atoms with van der Waals surface area (Å²) in [6.07, 6.45) is 1.09. The van der Waals surface area contributed by atoms with Gasteiger partial charge in [-0.15, -0.1) is 0 Å². The molecule has 1 amide bonds. The summed E-state index contributed by atoms with van der Waals surface area (Å²) in [4.78, 5) is 19.0. The van der Waals surface area contributed by atoms with Crippen LogP contribution in [0.4, 0.5) is 11.4 Å². The summed E-state index contributed by atoms with van der Waals surface area (Å²) in [7, 11) is 0. The summed E-state index contributed by atoms with van der Waals surface area (Å²) in [6, 6.07) is 6.01. The van der Waals surface area contributed by atoms with Gasteiger partial charge in [-0.1, -0.05) is 0 Å². The van der Waals surface area contributed by atoms with Crippen LogP contribution >= 0.6 is 11.8 Å². The molecule has 5 heteroatoms. The lowest BCUT2D eigenvalue weighted by Crippen LogP contribution is -2.30. The Morgan fingerprint density at radius 3 is 3.24 bits per heavy atom. The van der Waals surface area contributed by atoms with Crippen molar-refractivity contribution in [1.82, 2.24) is 0 Å². The second kappa shape index (κ2) is 4.07. The number of fused-ring (bicyclic) bond motifs is 3. The van der Waals surface area contributed by atoms with Gasteiger partial charge >= 0.3 is 0 Å². The van der Waals surface area contributed by atoms with Crippen LogP contribution in [0.3, 0.4) is 0 Å². The lowest BCUT2D eigenvalue weighted by molar-refractivity contribution is -0.114. The van der Waals surface area contributed by atoms with Crippen LogP contribution in [0.2, 0.25) is 0 Å².